The van der Waals surface area contributed by atoms with Gasteiger partial charge >= 0.3 is 0 Å². The van der Waals surface area contributed by atoms with Gasteiger partial charge in [0.2, 0.25) is 5.91 Å². The van der Waals surface area contributed by atoms with Crippen LogP contribution in [0.3, 0.4) is 0 Å². The van der Waals surface area contributed by atoms with Gasteiger partial charge in [-0.15, -0.1) is 0 Å². The first-order chi connectivity index (χ1) is 14.1. The predicted octanol–water partition coefficient (Wildman–Crippen LogP) is 3.25. The lowest BCUT2D eigenvalue weighted by Gasteiger charge is -2.27. The molecule has 0 bridgehead atoms. The summed E-state index contributed by atoms with van der Waals surface area (Å²) in [5.41, 5.74) is 2.65. The van der Waals surface area contributed by atoms with Crippen molar-refractivity contribution in [1.29, 1.82) is 0 Å². The first-order valence-corrected chi connectivity index (χ1v) is 10.2. The highest BCUT2D eigenvalue weighted by Crippen LogP contribution is 2.38. The standard InChI is InChI=1S/C23H26N2O4/c1-16-5-2-3-6-18(16)23(27)24-11-10-22(26)25-12-4-7-19(25)17-8-9-20-21(15-17)29-14-13-28-20/h2-3,5-6,8-9,15,19H,4,7,10-14H2,1H3,(H,24,27)/t19-/m1/s1. The van der Waals surface area contributed by atoms with Crippen LogP contribution in [-0.4, -0.2) is 43.0 Å². The monoisotopic (exact) mass is 394 g/mol. The number of nitrogens with one attached hydrogen (secondary N) is 1. The minimum Gasteiger partial charge on any atom is -0.486 e. The summed E-state index contributed by atoms with van der Waals surface area (Å²) in [7, 11) is 0. The van der Waals surface area contributed by atoms with Crippen molar-refractivity contribution in [2.24, 2.45) is 0 Å². The van der Waals surface area contributed by atoms with Gasteiger partial charge in [-0.25, -0.2) is 0 Å². The van der Waals surface area contributed by atoms with Gasteiger partial charge in [-0.1, -0.05) is 24.3 Å². The highest BCUT2D eigenvalue weighted by atomic mass is 16.6. The Morgan fingerprint density at radius 2 is 1.90 bits per heavy atom. The predicted molar refractivity (Wildman–Crippen MR) is 109 cm³/mol. The van der Waals surface area contributed by atoms with Crippen LogP contribution in [0.15, 0.2) is 42.5 Å². The zero-order valence-electron chi connectivity index (χ0n) is 16.6. The van der Waals surface area contributed by atoms with Gasteiger partial charge in [-0.3, -0.25) is 9.59 Å². The van der Waals surface area contributed by atoms with Crippen molar-refractivity contribution in [3.63, 3.8) is 0 Å². The van der Waals surface area contributed by atoms with Crippen molar-refractivity contribution < 1.29 is 19.1 Å². The lowest BCUT2D eigenvalue weighted by molar-refractivity contribution is -0.132. The summed E-state index contributed by atoms with van der Waals surface area (Å²) < 4.78 is 11.3. The lowest BCUT2D eigenvalue weighted by Crippen LogP contribution is -2.34. The molecular weight excluding hydrogens is 368 g/mol. The van der Waals surface area contributed by atoms with Gasteiger partial charge in [-0.2, -0.15) is 0 Å². The molecule has 0 aromatic heterocycles. The number of hydrogen-bond donors (Lipinski definition) is 1. The van der Waals surface area contributed by atoms with E-state index in [9.17, 15) is 9.59 Å². The molecule has 0 spiro atoms. The summed E-state index contributed by atoms with van der Waals surface area (Å²) in [5.74, 6) is 1.43. The van der Waals surface area contributed by atoms with E-state index in [1.54, 1.807) is 6.07 Å². The van der Waals surface area contributed by atoms with E-state index in [1.807, 2.05) is 48.2 Å². The molecule has 152 valence electrons. The average Bonchev–Trinajstić information content (AvgIpc) is 3.23. The fraction of sp³-hybridized carbons (Fsp3) is 0.391. The molecule has 6 nitrogen and oxygen atoms in total. The molecule has 0 aliphatic carbocycles. The number of carbonyl (C=O) groups excluding carboxylic acids is 2. The summed E-state index contributed by atoms with van der Waals surface area (Å²) >= 11 is 0. The molecule has 2 heterocycles. The molecule has 4 rings (SSSR count). The number of fused-ring (bicyclic) bond motifs is 1. The quantitative estimate of drug-likeness (QED) is 0.845. The largest absolute Gasteiger partial charge is 0.486 e. The number of aryl methyl sites for hydroxylation is 1. The van der Waals surface area contributed by atoms with E-state index in [4.69, 9.17) is 9.47 Å². The van der Waals surface area contributed by atoms with Gasteiger partial charge < -0.3 is 19.7 Å². The smallest absolute Gasteiger partial charge is 0.251 e. The van der Waals surface area contributed by atoms with Crippen LogP contribution in [0.1, 0.15) is 46.8 Å². The van der Waals surface area contributed by atoms with Crippen LogP contribution in [0, 0.1) is 6.92 Å². The Morgan fingerprint density at radius 1 is 1.10 bits per heavy atom. The first-order valence-electron chi connectivity index (χ1n) is 10.2. The molecule has 29 heavy (non-hydrogen) atoms. The number of hydrogen-bond acceptors (Lipinski definition) is 4. The fourth-order valence-electron chi connectivity index (χ4n) is 4.03. The van der Waals surface area contributed by atoms with Gasteiger partial charge in [0.1, 0.15) is 13.2 Å². The Labute approximate surface area is 170 Å². The SMILES string of the molecule is Cc1ccccc1C(=O)NCCC(=O)N1CCC[C@@H]1c1ccc2c(c1)OCCO2. The van der Waals surface area contributed by atoms with Crippen molar-refractivity contribution in [3.05, 3.63) is 59.2 Å². The van der Waals surface area contributed by atoms with Crippen LogP contribution in [0.4, 0.5) is 0 Å². The van der Waals surface area contributed by atoms with E-state index >= 15 is 0 Å². The Balaban J connectivity index is 1.36. The maximum atomic E-state index is 12.8. The van der Waals surface area contributed by atoms with Crippen molar-refractivity contribution in [2.75, 3.05) is 26.3 Å². The zero-order valence-corrected chi connectivity index (χ0v) is 16.6. The van der Waals surface area contributed by atoms with E-state index in [0.717, 1.165) is 42.0 Å². The Kier molecular flexibility index (Phi) is 5.69. The maximum Gasteiger partial charge on any atom is 0.251 e. The topological polar surface area (TPSA) is 67.9 Å². The number of rotatable bonds is 5. The third-order valence-electron chi connectivity index (χ3n) is 5.54. The molecule has 0 unspecified atom stereocenters. The summed E-state index contributed by atoms with van der Waals surface area (Å²) in [5, 5.41) is 2.87. The second kappa shape index (κ2) is 8.55. The maximum absolute atomic E-state index is 12.8. The highest BCUT2D eigenvalue weighted by molar-refractivity contribution is 5.95. The summed E-state index contributed by atoms with van der Waals surface area (Å²) in [6, 6.07) is 13.4. The minimum atomic E-state index is -0.138. The van der Waals surface area contributed by atoms with E-state index < -0.39 is 0 Å². The molecule has 2 amide bonds. The van der Waals surface area contributed by atoms with Crippen molar-refractivity contribution >= 4 is 11.8 Å². The molecule has 2 aromatic rings. The summed E-state index contributed by atoms with van der Waals surface area (Å²) in [6.45, 7) is 4.08. The van der Waals surface area contributed by atoms with Gasteiger partial charge in [0.25, 0.3) is 5.91 Å². The lowest BCUT2D eigenvalue weighted by atomic mass is 10.0. The second-order valence-corrected chi connectivity index (χ2v) is 7.47. The minimum absolute atomic E-state index is 0.0467. The van der Waals surface area contributed by atoms with E-state index in [2.05, 4.69) is 5.32 Å². The van der Waals surface area contributed by atoms with E-state index in [-0.39, 0.29) is 17.9 Å². The van der Waals surface area contributed by atoms with Crippen LogP contribution in [0.25, 0.3) is 0 Å². The first kappa shape index (κ1) is 19.3. The molecule has 2 aliphatic heterocycles. The van der Waals surface area contributed by atoms with E-state index in [1.165, 1.54) is 0 Å². The average molecular weight is 394 g/mol. The molecule has 2 aromatic carbocycles. The molecule has 0 radical (unpaired) electrons. The molecule has 1 N–H and O–H groups in total. The van der Waals surface area contributed by atoms with Crippen molar-refractivity contribution in [1.82, 2.24) is 10.2 Å². The number of nitrogens with zero attached hydrogens (tertiary/aromatic N) is 1. The van der Waals surface area contributed by atoms with Crippen molar-refractivity contribution in [3.8, 4) is 11.5 Å². The molecule has 1 fully saturated rings. The molecule has 1 atom stereocenters. The second-order valence-electron chi connectivity index (χ2n) is 7.47. The number of likely N-dealkylation sites (tertiary alicyclic amines) is 1. The van der Waals surface area contributed by atoms with Crippen LogP contribution < -0.4 is 14.8 Å². The Hall–Kier alpha value is -3.02. The van der Waals surface area contributed by atoms with Crippen LogP contribution in [0.5, 0.6) is 11.5 Å². The van der Waals surface area contributed by atoms with Crippen LogP contribution >= 0.6 is 0 Å². The molecule has 1 saturated heterocycles. The third kappa shape index (κ3) is 4.21. The Bertz CT molecular complexity index is 912. The molecular formula is C23H26N2O4. The Morgan fingerprint density at radius 3 is 2.72 bits per heavy atom. The number of amides is 2. The number of benzene rings is 2. The van der Waals surface area contributed by atoms with E-state index in [0.29, 0.717) is 31.7 Å². The van der Waals surface area contributed by atoms with Gasteiger partial charge in [0, 0.05) is 25.1 Å². The molecule has 2 aliphatic rings. The fourth-order valence-corrected chi connectivity index (χ4v) is 4.03. The van der Waals surface area contributed by atoms with Crippen molar-refractivity contribution in [2.45, 2.75) is 32.2 Å². The summed E-state index contributed by atoms with van der Waals surface area (Å²) in [6.07, 6.45) is 2.19. The third-order valence-corrected chi connectivity index (χ3v) is 5.54. The van der Waals surface area contributed by atoms with Crippen LogP contribution in [0.2, 0.25) is 0 Å². The van der Waals surface area contributed by atoms with Gasteiger partial charge in [0.05, 0.1) is 6.04 Å². The number of carbonyl (C=O) groups is 2. The van der Waals surface area contributed by atoms with Gasteiger partial charge in [-0.05, 0) is 49.1 Å². The summed E-state index contributed by atoms with van der Waals surface area (Å²) in [4.78, 5) is 27.1. The molecule has 6 heteroatoms. The van der Waals surface area contributed by atoms with Crippen LogP contribution in [-0.2, 0) is 4.79 Å². The van der Waals surface area contributed by atoms with Gasteiger partial charge in [0.15, 0.2) is 11.5 Å². The zero-order chi connectivity index (χ0) is 20.2. The normalized spacial score (nSPS) is 17.8. The highest BCUT2D eigenvalue weighted by Gasteiger charge is 2.30. The molecule has 0 saturated carbocycles. The number of ether oxygens (including phenoxy) is 2.